The molecular weight excluding hydrogens is 239 g/mol. The molecule has 0 amide bonds. The molecule has 2 fully saturated rings. The van der Waals surface area contributed by atoms with Crippen LogP contribution in [0.4, 0.5) is 4.39 Å². The second-order valence-corrected chi connectivity index (χ2v) is 5.79. The molecule has 1 aromatic rings. The molecule has 1 aliphatic heterocycles. The molecule has 3 heteroatoms. The van der Waals surface area contributed by atoms with Crippen LogP contribution in [0, 0.1) is 23.1 Å². The molecule has 1 saturated carbocycles. The first-order valence-corrected chi connectivity index (χ1v) is 7.20. The lowest BCUT2D eigenvalue weighted by molar-refractivity contribution is 0.174. The number of hydrogen-bond acceptors (Lipinski definition) is 2. The molecule has 19 heavy (non-hydrogen) atoms. The van der Waals surface area contributed by atoms with Crippen LogP contribution in [-0.4, -0.2) is 17.5 Å². The third-order valence-electron chi connectivity index (χ3n) is 4.68. The molecule has 100 valence electrons. The number of fused-ring (bicyclic) bond motifs is 1. The van der Waals surface area contributed by atoms with Crippen molar-refractivity contribution in [3.63, 3.8) is 0 Å². The molecule has 0 N–H and O–H groups in total. The fourth-order valence-corrected chi connectivity index (χ4v) is 3.66. The van der Waals surface area contributed by atoms with Crippen molar-refractivity contribution in [2.75, 3.05) is 6.54 Å². The van der Waals surface area contributed by atoms with Gasteiger partial charge in [0.2, 0.25) is 0 Å². The fraction of sp³-hybridized carbons (Fsp3) is 0.562. The van der Waals surface area contributed by atoms with Crippen LogP contribution in [0.25, 0.3) is 0 Å². The maximum atomic E-state index is 13.9. The fourth-order valence-electron chi connectivity index (χ4n) is 3.66. The van der Waals surface area contributed by atoms with E-state index < -0.39 is 0 Å². The molecule has 0 radical (unpaired) electrons. The van der Waals surface area contributed by atoms with E-state index in [1.54, 1.807) is 12.1 Å². The number of likely N-dealkylation sites (tertiary alicyclic amines) is 1. The molecule has 1 heterocycles. The van der Waals surface area contributed by atoms with Crippen molar-refractivity contribution < 1.29 is 4.39 Å². The van der Waals surface area contributed by atoms with Crippen LogP contribution in [0.5, 0.6) is 0 Å². The Morgan fingerprint density at radius 3 is 2.89 bits per heavy atom. The maximum Gasteiger partial charge on any atom is 0.129 e. The lowest BCUT2D eigenvalue weighted by atomic mass is 9.85. The molecule has 2 aliphatic rings. The average Bonchev–Trinajstić information content (AvgIpc) is 2.84. The van der Waals surface area contributed by atoms with Crippen LogP contribution >= 0.6 is 0 Å². The van der Waals surface area contributed by atoms with Crippen molar-refractivity contribution in [3.8, 4) is 6.07 Å². The SMILES string of the molecule is N#Cc1ccc(CN2CCC3CCCCC32)c(F)c1. The van der Waals surface area contributed by atoms with Crippen LogP contribution in [0.15, 0.2) is 18.2 Å². The zero-order valence-corrected chi connectivity index (χ0v) is 11.1. The summed E-state index contributed by atoms with van der Waals surface area (Å²) in [6.07, 6.45) is 6.55. The molecule has 3 rings (SSSR count). The summed E-state index contributed by atoms with van der Waals surface area (Å²) in [5.74, 6) is 0.591. The quantitative estimate of drug-likeness (QED) is 0.812. The standard InChI is InChI=1S/C16H19FN2/c17-15-9-12(10-18)5-6-14(15)11-19-8-7-13-3-1-2-4-16(13)19/h5-6,9,13,16H,1-4,7-8,11H2. The summed E-state index contributed by atoms with van der Waals surface area (Å²) in [6.45, 7) is 1.79. The Hall–Kier alpha value is -1.40. The lowest BCUT2D eigenvalue weighted by Gasteiger charge is -2.31. The van der Waals surface area contributed by atoms with E-state index in [-0.39, 0.29) is 5.82 Å². The second kappa shape index (κ2) is 5.30. The van der Waals surface area contributed by atoms with Crippen LogP contribution in [0.3, 0.4) is 0 Å². The number of nitriles is 1. The van der Waals surface area contributed by atoms with Gasteiger partial charge in [0.05, 0.1) is 11.6 Å². The van der Waals surface area contributed by atoms with Crippen molar-refractivity contribution in [2.45, 2.75) is 44.7 Å². The highest BCUT2D eigenvalue weighted by Crippen LogP contribution is 2.37. The molecule has 0 spiro atoms. The Balaban J connectivity index is 1.73. The highest BCUT2D eigenvalue weighted by atomic mass is 19.1. The number of rotatable bonds is 2. The largest absolute Gasteiger partial charge is 0.296 e. The minimum atomic E-state index is -0.238. The molecule has 0 bridgehead atoms. The second-order valence-electron chi connectivity index (χ2n) is 5.79. The smallest absolute Gasteiger partial charge is 0.129 e. The first kappa shape index (κ1) is 12.6. The third-order valence-corrected chi connectivity index (χ3v) is 4.68. The minimum Gasteiger partial charge on any atom is -0.296 e. The minimum absolute atomic E-state index is 0.238. The molecule has 0 aromatic heterocycles. The van der Waals surface area contributed by atoms with E-state index in [1.807, 2.05) is 6.07 Å². The zero-order chi connectivity index (χ0) is 13.2. The zero-order valence-electron chi connectivity index (χ0n) is 11.1. The van der Waals surface area contributed by atoms with Crippen LogP contribution in [-0.2, 0) is 6.54 Å². The van der Waals surface area contributed by atoms with E-state index in [0.29, 0.717) is 18.2 Å². The Morgan fingerprint density at radius 1 is 1.26 bits per heavy atom. The number of halogens is 1. The normalized spacial score (nSPS) is 26.9. The Morgan fingerprint density at radius 2 is 2.11 bits per heavy atom. The van der Waals surface area contributed by atoms with Gasteiger partial charge in [-0.3, -0.25) is 4.90 Å². The van der Waals surface area contributed by atoms with Gasteiger partial charge in [0.25, 0.3) is 0 Å². The van der Waals surface area contributed by atoms with Gasteiger partial charge < -0.3 is 0 Å². The van der Waals surface area contributed by atoms with E-state index in [1.165, 1.54) is 38.2 Å². The Bertz CT molecular complexity index is 506. The van der Waals surface area contributed by atoms with Gasteiger partial charge in [-0.25, -0.2) is 4.39 Å². The lowest BCUT2D eigenvalue weighted by Crippen LogP contribution is -2.34. The topological polar surface area (TPSA) is 27.0 Å². The van der Waals surface area contributed by atoms with Gasteiger partial charge in [0.15, 0.2) is 0 Å². The molecule has 1 aromatic carbocycles. The van der Waals surface area contributed by atoms with E-state index in [4.69, 9.17) is 5.26 Å². The van der Waals surface area contributed by atoms with Crippen molar-refractivity contribution in [2.24, 2.45) is 5.92 Å². The summed E-state index contributed by atoms with van der Waals surface area (Å²) in [5.41, 5.74) is 1.13. The van der Waals surface area contributed by atoms with Crippen LogP contribution in [0.1, 0.15) is 43.2 Å². The van der Waals surface area contributed by atoms with Gasteiger partial charge >= 0.3 is 0 Å². The van der Waals surface area contributed by atoms with Crippen LogP contribution in [0.2, 0.25) is 0 Å². The van der Waals surface area contributed by atoms with Gasteiger partial charge in [-0.2, -0.15) is 5.26 Å². The summed E-state index contributed by atoms with van der Waals surface area (Å²) >= 11 is 0. The highest BCUT2D eigenvalue weighted by Gasteiger charge is 2.35. The number of benzene rings is 1. The van der Waals surface area contributed by atoms with Crippen molar-refractivity contribution in [1.29, 1.82) is 5.26 Å². The monoisotopic (exact) mass is 258 g/mol. The highest BCUT2D eigenvalue weighted by molar-refractivity contribution is 5.32. The molecule has 1 aliphatic carbocycles. The van der Waals surface area contributed by atoms with Crippen LogP contribution < -0.4 is 0 Å². The summed E-state index contributed by atoms with van der Waals surface area (Å²) in [7, 11) is 0. The van der Waals surface area contributed by atoms with Crippen molar-refractivity contribution >= 4 is 0 Å². The average molecular weight is 258 g/mol. The Kier molecular flexibility index (Phi) is 3.52. The van der Waals surface area contributed by atoms with Crippen molar-refractivity contribution in [3.05, 3.63) is 35.1 Å². The first-order valence-electron chi connectivity index (χ1n) is 7.20. The molecule has 1 saturated heterocycles. The molecule has 2 atom stereocenters. The van der Waals surface area contributed by atoms with Gasteiger partial charge in [-0.15, -0.1) is 0 Å². The van der Waals surface area contributed by atoms with E-state index in [0.717, 1.165) is 18.0 Å². The van der Waals surface area contributed by atoms with E-state index in [2.05, 4.69) is 4.90 Å². The maximum absolute atomic E-state index is 13.9. The summed E-state index contributed by atoms with van der Waals surface area (Å²) in [4.78, 5) is 2.44. The third kappa shape index (κ3) is 2.50. The Labute approximate surface area is 113 Å². The molecular formula is C16H19FN2. The summed E-state index contributed by atoms with van der Waals surface area (Å²) < 4.78 is 13.9. The van der Waals surface area contributed by atoms with Gasteiger partial charge in [-0.05, 0) is 43.9 Å². The number of hydrogen-bond donors (Lipinski definition) is 0. The predicted molar refractivity (Wildman–Crippen MR) is 71.9 cm³/mol. The van der Waals surface area contributed by atoms with Gasteiger partial charge in [0.1, 0.15) is 5.82 Å². The van der Waals surface area contributed by atoms with Gasteiger partial charge in [-0.1, -0.05) is 18.9 Å². The number of nitrogens with zero attached hydrogens (tertiary/aromatic N) is 2. The van der Waals surface area contributed by atoms with Gasteiger partial charge in [0, 0.05) is 18.2 Å². The first-order chi connectivity index (χ1) is 9.28. The predicted octanol–water partition coefficient (Wildman–Crippen LogP) is 3.46. The van der Waals surface area contributed by atoms with Crippen molar-refractivity contribution in [1.82, 2.24) is 4.90 Å². The summed E-state index contributed by atoms with van der Waals surface area (Å²) in [5, 5.41) is 8.76. The molecule has 2 unspecified atom stereocenters. The van der Waals surface area contributed by atoms with E-state index in [9.17, 15) is 4.39 Å². The van der Waals surface area contributed by atoms with E-state index >= 15 is 0 Å². The summed E-state index contributed by atoms with van der Waals surface area (Å²) in [6, 6.07) is 7.47. The molecule has 2 nitrogen and oxygen atoms in total.